The Morgan fingerprint density at radius 3 is 2.67 bits per heavy atom. The van der Waals surface area contributed by atoms with Crippen molar-refractivity contribution in [1.82, 2.24) is 25.2 Å². The molecular weight excluding hydrogens is 571 g/mol. The number of rotatable bonds is 6. The zero-order valence-corrected chi connectivity index (χ0v) is 23.7. The smallest absolute Gasteiger partial charge is 0.420 e. The third kappa shape index (κ3) is 5.51. The Labute approximate surface area is 244 Å². The fraction of sp³-hybridized carbons (Fsp3) is 0.433. The highest BCUT2D eigenvalue weighted by atomic mass is 19.4. The van der Waals surface area contributed by atoms with Gasteiger partial charge in [-0.15, -0.1) is 0 Å². The Balaban J connectivity index is 1.60. The van der Waals surface area contributed by atoms with Gasteiger partial charge >= 0.3 is 12.2 Å². The van der Waals surface area contributed by atoms with E-state index in [0.29, 0.717) is 19.6 Å². The lowest BCUT2D eigenvalue weighted by Gasteiger charge is -2.34. The molecule has 2 aliphatic rings. The molecule has 13 heteroatoms. The average molecular weight is 603 g/mol. The number of nitrogens with one attached hydrogen (secondary N) is 1. The van der Waals surface area contributed by atoms with Crippen molar-refractivity contribution in [3.8, 4) is 23.0 Å². The fourth-order valence-electron chi connectivity index (χ4n) is 6.05. The molecule has 0 bridgehead atoms. The van der Waals surface area contributed by atoms with Gasteiger partial charge in [-0.3, -0.25) is 4.98 Å². The van der Waals surface area contributed by atoms with Crippen LogP contribution >= 0.6 is 0 Å². The molecular formula is C30H31F5N6O2. The number of aromatic nitrogens is 3. The molecule has 4 heterocycles. The highest BCUT2D eigenvalue weighted by molar-refractivity contribution is 6.02. The molecule has 2 atom stereocenters. The molecule has 2 N–H and O–H groups in total. The van der Waals surface area contributed by atoms with Gasteiger partial charge in [-0.05, 0) is 56.4 Å². The predicted octanol–water partition coefficient (Wildman–Crippen LogP) is 5.51. The lowest BCUT2D eigenvalue weighted by molar-refractivity contribution is -0.136. The van der Waals surface area contributed by atoms with Crippen molar-refractivity contribution in [3.63, 3.8) is 0 Å². The predicted molar refractivity (Wildman–Crippen MR) is 152 cm³/mol. The Morgan fingerprint density at radius 2 is 1.95 bits per heavy atom. The van der Waals surface area contributed by atoms with Crippen molar-refractivity contribution in [1.29, 1.82) is 0 Å². The number of aromatic hydroxyl groups is 1. The molecule has 0 spiro atoms. The number of likely N-dealkylation sites (tertiary alicyclic amines) is 1. The topological polar surface area (TPSA) is 86.6 Å². The van der Waals surface area contributed by atoms with Crippen LogP contribution in [0.25, 0.3) is 32.9 Å². The molecule has 43 heavy (non-hydrogen) atoms. The third-order valence-electron chi connectivity index (χ3n) is 8.36. The van der Waals surface area contributed by atoms with E-state index in [2.05, 4.69) is 25.2 Å². The maximum absolute atomic E-state index is 15.1. The molecule has 2 aromatic heterocycles. The van der Waals surface area contributed by atoms with Crippen LogP contribution in [0.15, 0.2) is 30.5 Å². The number of hydrogen-bond donors (Lipinski definition) is 2. The van der Waals surface area contributed by atoms with E-state index in [9.17, 15) is 9.50 Å². The van der Waals surface area contributed by atoms with Crippen LogP contribution in [0.3, 0.4) is 0 Å². The number of pyridine rings is 1. The second-order valence-corrected chi connectivity index (χ2v) is 11.1. The molecule has 2 fully saturated rings. The lowest BCUT2D eigenvalue weighted by atomic mass is 9.96. The van der Waals surface area contributed by atoms with E-state index in [4.69, 9.17) is 4.74 Å². The molecule has 2 saturated heterocycles. The second-order valence-electron chi connectivity index (χ2n) is 11.1. The van der Waals surface area contributed by atoms with E-state index in [1.807, 2.05) is 18.9 Å². The van der Waals surface area contributed by atoms with Crippen LogP contribution in [0.5, 0.6) is 11.8 Å². The van der Waals surface area contributed by atoms with Gasteiger partial charge in [0.05, 0.1) is 16.6 Å². The molecule has 2 aromatic carbocycles. The third-order valence-corrected chi connectivity index (χ3v) is 8.36. The molecule has 0 amide bonds. The zero-order valence-electron chi connectivity index (χ0n) is 23.7. The summed E-state index contributed by atoms with van der Waals surface area (Å²) in [5.41, 5.74) is -2.83. The SMILES string of the molecule is CCC1CN(c2nc(OC[C@@H]3CCCN3C)nc3c(C(F)(F)F)c(-c4cc(O)cc5ccc(F)c(F)c45)ncc23)CCN1. The normalized spacial score (nSPS) is 19.9. The molecule has 4 aromatic rings. The zero-order chi connectivity index (χ0) is 30.5. The number of ether oxygens (including phenoxy) is 1. The quantitative estimate of drug-likeness (QED) is 0.280. The standard InChI is InChI=1S/C30H31F5N6O2/c1-3-17-14-41(10-8-36-17)28-21-13-37-26(20-12-19(42)11-16-6-7-22(31)25(32)23(16)20)24(30(33,34)35)27(21)38-29(39-28)43-15-18-5-4-9-40(18)2/h6-7,11-13,17-18,36,42H,3-5,8-10,14-15H2,1-2H3/t17?,18-/m0/s1. The van der Waals surface area contributed by atoms with E-state index in [1.165, 1.54) is 12.3 Å². The first-order valence-electron chi connectivity index (χ1n) is 14.3. The number of fused-ring (bicyclic) bond motifs is 2. The van der Waals surface area contributed by atoms with Crippen LogP contribution in [-0.2, 0) is 6.18 Å². The number of phenolic OH excluding ortho intramolecular Hbond substituents is 1. The minimum Gasteiger partial charge on any atom is -0.508 e. The van der Waals surface area contributed by atoms with Gasteiger partial charge in [0.2, 0.25) is 0 Å². The molecule has 2 aliphatic heterocycles. The minimum absolute atomic E-state index is 0.0171. The summed E-state index contributed by atoms with van der Waals surface area (Å²) in [4.78, 5) is 17.0. The molecule has 8 nitrogen and oxygen atoms in total. The highest BCUT2D eigenvalue weighted by Gasteiger charge is 2.40. The van der Waals surface area contributed by atoms with Crippen LogP contribution in [0.1, 0.15) is 31.7 Å². The number of hydrogen-bond acceptors (Lipinski definition) is 8. The molecule has 6 rings (SSSR count). The van der Waals surface area contributed by atoms with Crippen molar-refractivity contribution in [2.45, 2.75) is 44.4 Å². The lowest BCUT2D eigenvalue weighted by Crippen LogP contribution is -2.50. The van der Waals surface area contributed by atoms with Crippen LogP contribution in [-0.4, -0.2) is 76.9 Å². The Morgan fingerprint density at radius 1 is 1.14 bits per heavy atom. The van der Waals surface area contributed by atoms with Crippen molar-refractivity contribution >= 4 is 27.5 Å². The van der Waals surface area contributed by atoms with Crippen LogP contribution < -0.4 is 15.0 Å². The first-order valence-corrected chi connectivity index (χ1v) is 14.3. The maximum Gasteiger partial charge on any atom is 0.420 e. The number of alkyl halides is 3. The number of anilines is 1. The van der Waals surface area contributed by atoms with Crippen molar-refractivity contribution < 1.29 is 31.8 Å². The van der Waals surface area contributed by atoms with Gasteiger partial charge in [-0.25, -0.2) is 8.78 Å². The van der Waals surface area contributed by atoms with E-state index in [1.54, 1.807) is 0 Å². The first kappa shape index (κ1) is 29.2. The summed E-state index contributed by atoms with van der Waals surface area (Å²) in [7, 11) is 1.96. The monoisotopic (exact) mass is 602 g/mol. The van der Waals surface area contributed by atoms with E-state index in [0.717, 1.165) is 44.0 Å². The minimum atomic E-state index is -5.02. The molecule has 0 radical (unpaired) electrons. The Kier molecular flexibility index (Phi) is 7.71. The van der Waals surface area contributed by atoms with Crippen LogP contribution in [0, 0.1) is 11.6 Å². The van der Waals surface area contributed by atoms with E-state index in [-0.39, 0.29) is 41.3 Å². The van der Waals surface area contributed by atoms with Gasteiger partial charge in [0, 0.05) is 48.9 Å². The highest BCUT2D eigenvalue weighted by Crippen LogP contribution is 2.45. The van der Waals surface area contributed by atoms with Crippen LogP contribution in [0.2, 0.25) is 0 Å². The number of benzene rings is 2. The summed E-state index contributed by atoms with van der Waals surface area (Å²) >= 11 is 0. The summed E-state index contributed by atoms with van der Waals surface area (Å²) < 4.78 is 80.5. The summed E-state index contributed by atoms with van der Waals surface area (Å²) in [6, 6.07) is 4.09. The maximum atomic E-state index is 15.1. The van der Waals surface area contributed by atoms with Gasteiger partial charge in [0.1, 0.15) is 23.7 Å². The van der Waals surface area contributed by atoms with Gasteiger partial charge < -0.3 is 25.0 Å². The van der Waals surface area contributed by atoms with Gasteiger partial charge in [0.25, 0.3) is 0 Å². The molecule has 228 valence electrons. The largest absolute Gasteiger partial charge is 0.508 e. The summed E-state index contributed by atoms with van der Waals surface area (Å²) in [6.45, 7) is 4.69. The number of nitrogens with zero attached hydrogens (tertiary/aromatic N) is 5. The number of likely N-dealkylation sites (N-methyl/N-ethyl adjacent to an activating group) is 1. The number of halogens is 5. The number of piperazine rings is 1. The van der Waals surface area contributed by atoms with Crippen molar-refractivity contribution in [3.05, 3.63) is 47.7 Å². The summed E-state index contributed by atoms with van der Waals surface area (Å²) in [5, 5.41) is 13.4. The first-order chi connectivity index (χ1) is 20.5. The van der Waals surface area contributed by atoms with E-state index < -0.39 is 51.3 Å². The van der Waals surface area contributed by atoms with Gasteiger partial charge in [0.15, 0.2) is 11.6 Å². The second kappa shape index (κ2) is 11.3. The van der Waals surface area contributed by atoms with Gasteiger partial charge in [-0.1, -0.05) is 13.0 Å². The van der Waals surface area contributed by atoms with Crippen molar-refractivity contribution in [2.24, 2.45) is 0 Å². The van der Waals surface area contributed by atoms with Crippen molar-refractivity contribution in [2.75, 3.05) is 44.7 Å². The van der Waals surface area contributed by atoms with Crippen LogP contribution in [0.4, 0.5) is 27.8 Å². The van der Waals surface area contributed by atoms with Gasteiger partial charge in [-0.2, -0.15) is 23.1 Å². The van der Waals surface area contributed by atoms with E-state index >= 15 is 17.6 Å². The summed E-state index contributed by atoms with van der Waals surface area (Å²) in [6.07, 6.45) is -1.13. The Bertz CT molecular complexity index is 1680. The average Bonchev–Trinajstić information content (AvgIpc) is 3.40. The fourth-order valence-corrected chi connectivity index (χ4v) is 6.05. The Hall–Kier alpha value is -3.84. The molecule has 0 aliphatic carbocycles. The molecule has 1 unspecified atom stereocenters. The number of phenols is 1. The summed E-state index contributed by atoms with van der Waals surface area (Å²) in [5.74, 6) is -2.76. The molecule has 0 saturated carbocycles.